The molecule has 0 amide bonds. The van der Waals surface area contributed by atoms with Gasteiger partial charge in [-0.05, 0) is 49.2 Å². The minimum absolute atomic E-state index is 0.486. The molecular formula is C20H23BO2. The summed E-state index contributed by atoms with van der Waals surface area (Å²) >= 11 is 0. The first-order valence-corrected chi connectivity index (χ1v) is 8.05. The fourth-order valence-electron chi connectivity index (χ4n) is 2.59. The molecule has 0 aliphatic carbocycles. The molecule has 3 aromatic carbocycles. The van der Waals surface area contributed by atoms with Crippen molar-refractivity contribution in [3.8, 4) is 0 Å². The van der Waals surface area contributed by atoms with Crippen LogP contribution in [0.4, 0.5) is 0 Å². The van der Waals surface area contributed by atoms with E-state index in [9.17, 15) is 5.11 Å². The summed E-state index contributed by atoms with van der Waals surface area (Å²) in [7, 11) is 0.486. The van der Waals surface area contributed by atoms with Gasteiger partial charge in [-0.1, -0.05) is 60.1 Å². The molecule has 3 aromatic rings. The molecule has 0 aliphatic heterocycles. The van der Waals surface area contributed by atoms with Gasteiger partial charge in [0.25, 0.3) is 0 Å². The van der Waals surface area contributed by atoms with E-state index < -0.39 is 11.2 Å². The zero-order valence-corrected chi connectivity index (χ0v) is 14.3. The first kappa shape index (κ1) is 16.0. The number of hydrogen-bond donors (Lipinski definition) is 1. The van der Waals surface area contributed by atoms with E-state index in [2.05, 4.69) is 54.6 Å². The Kier molecular flexibility index (Phi) is 3.95. The van der Waals surface area contributed by atoms with Gasteiger partial charge in [0.2, 0.25) is 0 Å². The molecule has 0 aliphatic rings. The highest BCUT2D eigenvalue weighted by molar-refractivity contribution is 6.47. The minimum atomic E-state index is -0.889. The predicted molar refractivity (Wildman–Crippen MR) is 99.7 cm³/mol. The van der Waals surface area contributed by atoms with Gasteiger partial charge in [-0.25, -0.2) is 0 Å². The maximum atomic E-state index is 10.2. The van der Waals surface area contributed by atoms with Gasteiger partial charge < -0.3 is 9.76 Å². The van der Waals surface area contributed by atoms with Crippen LogP contribution in [0.2, 0.25) is 0 Å². The Bertz CT molecular complexity index is 847. The average molecular weight is 306 g/mol. The van der Waals surface area contributed by atoms with Gasteiger partial charge >= 0.3 is 7.48 Å². The number of fused-ring (bicyclic) bond motifs is 3. The smallest absolute Gasteiger partial charge is 0.309 e. The summed E-state index contributed by atoms with van der Waals surface area (Å²) in [6.07, 6.45) is 0. The topological polar surface area (TPSA) is 29.5 Å². The normalized spacial score (nSPS) is 12.7. The second-order valence-electron chi connectivity index (χ2n) is 7.20. The van der Waals surface area contributed by atoms with Crippen molar-refractivity contribution in [1.82, 2.24) is 0 Å². The van der Waals surface area contributed by atoms with Gasteiger partial charge in [0.1, 0.15) is 0 Å². The van der Waals surface area contributed by atoms with E-state index in [4.69, 9.17) is 4.65 Å². The SMILES string of the molecule is CC(C)(O)C(C)(C)OBc1ccc2c(ccc3ccccc32)c1. The molecule has 118 valence electrons. The molecule has 23 heavy (non-hydrogen) atoms. The van der Waals surface area contributed by atoms with Crippen LogP contribution in [-0.4, -0.2) is 23.8 Å². The van der Waals surface area contributed by atoms with Crippen molar-refractivity contribution in [2.45, 2.75) is 38.9 Å². The second kappa shape index (κ2) is 5.66. The van der Waals surface area contributed by atoms with Crippen molar-refractivity contribution in [1.29, 1.82) is 0 Å². The molecule has 0 radical (unpaired) electrons. The maximum absolute atomic E-state index is 10.2. The number of rotatable bonds is 4. The van der Waals surface area contributed by atoms with Crippen LogP contribution in [0, 0.1) is 0 Å². The van der Waals surface area contributed by atoms with E-state index >= 15 is 0 Å². The van der Waals surface area contributed by atoms with Crippen LogP contribution in [0.5, 0.6) is 0 Å². The number of benzene rings is 3. The summed E-state index contributed by atoms with van der Waals surface area (Å²) in [6, 6.07) is 19.2. The van der Waals surface area contributed by atoms with Crippen molar-refractivity contribution < 1.29 is 9.76 Å². The van der Waals surface area contributed by atoms with E-state index in [1.165, 1.54) is 21.5 Å². The van der Waals surface area contributed by atoms with Crippen LogP contribution >= 0.6 is 0 Å². The zero-order valence-electron chi connectivity index (χ0n) is 14.3. The Balaban J connectivity index is 1.91. The summed E-state index contributed by atoms with van der Waals surface area (Å²) < 4.78 is 5.97. The molecule has 0 bridgehead atoms. The highest BCUT2D eigenvalue weighted by Crippen LogP contribution is 2.26. The molecule has 0 fully saturated rings. The maximum Gasteiger partial charge on any atom is 0.309 e. The molecule has 3 heteroatoms. The van der Waals surface area contributed by atoms with Crippen molar-refractivity contribution in [3.63, 3.8) is 0 Å². The quantitative estimate of drug-likeness (QED) is 0.590. The third-order valence-electron chi connectivity index (χ3n) is 4.88. The summed E-state index contributed by atoms with van der Waals surface area (Å²) in [5, 5.41) is 15.2. The van der Waals surface area contributed by atoms with Crippen LogP contribution in [0.1, 0.15) is 27.7 Å². The fraction of sp³-hybridized carbons (Fsp3) is 0.300. The molecule has 0 unspecified atom stereocenters. The lowest BCUT2D eigenvalue weighted by Crippen LogP contribution is -2.49. The van der Waals surface area contributed by atoms with Crippen molar-refractivity contribution in [3.05, 3.63) is 54.6 Å². The molecule has 2 nitrogen and oxygen atoms in total. The predicted octanol–water partition coefficient (Wildman–Crippen LogP) is 3.54. The van der Waals surface area contributed by atoms with Crippen LogP contribution in [0.3, 0.4) is 0 Å². The highest BCUT2D eigenvalue weighted by Gasteiger charge is 2.35. The van der Waals surface area contributed by atoms with E-state index in [0.717, 1.165) is 5.46 Å². The van der Waals surface area contributed by atoms with Crippen molar-refractivity contribution in [2.24, 2.45) is 0 Å². The minimum Gasteiger partial charge on any atom is -0.427 e. The highest BCUT2D eigenvalue weighted by atomic mass is 16.5. The fourth-order valence-corrected chi connectivity index (χ4v) is 2.59. The second-order valence-corrected chi connectivity index (χ2v) is 7.20. The number of hydrogen-bond acceptors (Lipinski definition) is 2. The van der Waals surface area contributed by atoms with E-state index in [1.54, 1.807) is 13.8 Å². The molecule has 0 spiro atoms. The van der Waals surface area contributed by atoms with Gasteiger partial charge in [0.15, 0.2) is 0 Å². The van der Waals surface area contributed by atoms with E-state index in [-0.39, 0.29) is 0 Å². The van der Waals surface area contributed by atoms with Crippen LogP contribution < -0.4 is 5.46 Å². The Morgan fingerprint density at radius 1 is 0.826 bits per heavy atom. The van der Waals surface area contributed by atoms with Crippen LogP contribution in [0.25, 0.3) is 21.5 Å². The van der Waals surface area contributed by atoms with Gasteiger partial charge in [-0.15, -0.1) is 0 Å². The molecule has 0 atom stereocenters. The van der Waals surface area contributed by atoms with Crippen LogP contribution in [-0.2, 0) is 4.65 Å². The Hall–Kier alpha value is -1.84. The molecule has 1 N–H and O–H groups in total. The Labute approximate surface area is 138 Å². The summed E-state index contributed by atoms with van der Waals surface area (Å²) in [5.41, 5.74) is -0.379. The average Bonchev–Trinajstić information content (AvgIpc) is 2.51. The van der Waals surface area contributed by atoms with E-state index in [0.29, 0.717) is 7.48 Å². The van der Waals surface area contributed by atoms with Crippen molar-refractivity contribution >= 4 is 34.5 Å². The first-order chi connectivity index (χ1) is 10.8. The Morgan fingerprint density at radius 3 is 2.22 bits per heavy atom. The third-order valence-corrected chi connectivity index (χ3v) is 4.88. The van der Waals surface area contributed by atoms with Crippen molar-refractivity contribution in [2.75, 3.05) is 0 Å². The molecule has 0 saturated heterocycles. The van der Waals surface area contributed by atoms with Crippen LogP contribution in [0.15, 0.2) is 54.6 Å². The summed E-state index contributed by atoms with van der Waals surface area (Å²) in [4.78, 5) is 0. The zero-order chi connectivity index (χ0) is 16.7. The lowest BCUT2D eigenvalue weighted by molar-refractivity contribution is -0.0893. The molecule has 3 rings (SSSR count). The summed E-state index contributed by atoms with van der Waals surface area (Å²) in [5.74, 6) is 0. The molecule has 0 saturated carbocycles. The first-order valence-electron chi connectivity index (χ1n) is 8.05. The molecule has 0 aromatic heterocycles. The Morgan fingerprint density at radius 2 is 1.48 bits per heavy atom. The lowest BCUT2D eigenvalue weighted by atomic mass is 9.81. The summed E-state index contributed by atoms with van der Waals surface area (Å²) in [6.45, 7) is 7.39. The van der Waals surface area contributed by atoms with E-state index in [1.807, 2.05) is 13.8 Å². The van der Waals surface area contributed by atoms with Gasteiger partial charge in [0, 0.05) is 0 Å². The molecule has 0 heterocycles. The number of aliphatic hydroxyl groups is 1. The third kappa shape index (κ3) is 3.12. The largest absolute Gasteiger partial charge is 0.427 e. The molecular weight excluding hydrogens is 283 g/mol. The van der Waals surface area contributed by atoms with Gasteiger partial charge in [-0.2, -0.15) is 0 Å². The van der Waals surface area contributed by atoms with Gasteiger partial charge in [0.05, 0.1) is 11.2 Å². The lowest BCUT2D eigenvalue weighted by Gasteiger charge is -2.37. The van der Waals surface area contributed by atoms with Gasteiger partial charge in [-0.3, -0.25) is 0 Å². The monoisotopic (exact) mass is 306 g/mol. The standard InChI is InChI=1S/C20H23BO2/c1-19(2,22)20(3,4)23-21-16-11-12-18-15(13-16)10-9-14-7-5-6-8-17(14)18/h5-13,21-22H,1-4H3.